The van der Waals surface area contributed by atoms with Crippen LogP contribution in [0.1, 0.15) is 33.6 Å². The predicted octanol–water partition coefficient (Wildman–Crippen LogP) is 4.86. The molecule has 1 fully saturated rings. The molecule has 1 saturated heterocycles. The minimum absolute atomic E-state index is 0.221. The van der Waals surface area contributed by atoms with Crippen molar-refractivity contribution in [1.29, 1.82) is 0 Å². The molecule has 0 atom stereocenters. The van der Waals surface area contributed by atoms with Gasteiger partial charge in [0.05, 0.1) is 23.1 Å². The summed E-state index contributed by atoms with van der Waals surface area (Å²) in [7, 11) is -3.69. The van der Waals surface area contributed by atoms with Crippen molar-refractivity contribution < 1.29 is 22.3 Å². The molecule has 4 aromatic rings. The lowest BCUT2D eigenvalue weighted by Gasteiger charge is -2.38. The fourth-order valence-corrected chi connectivity index (χ4v) is 5.94. The van der Waals surface area contributed by atoms with Crippen molar-refractivity contribution in [2.45, 2.75) is 45.3 Å². The van der Waals surface area contributed by atoms with E-state index >= 15 is 0 Å². The molecular formula is C28H32FN7O4S. The van der Waals surface area contributed by atoms with Gasteiger partial charge in [0.1, 0.15) is 23.1 Å². The highest BCUT2D eigenvalue weighted by molar-refractivity contribution is 7.92. The van der Waals surface area contributed by atoms with Crippen LogP contribution in [0.5, 0.6) is 0 Å². The number of likely N-dealkylation sites (tertiary alicyclic amines) is 1. The summed E-state index contributed by atoms with van der Waals surface area (Å²) < 4.78 is 49.1. The highest BCUT2D eigenvalue weighted by Crippen LogP contribution is 2.29. The van der Waals surface area contributed by atoms with E-state index in [0.717, 1.165) is 6.26 Å². The van der Waals surface area contributed by atoms with Crippen LogP contribution in [0.15, 0.2) is 61.1 Å². The van der Waals surface area contributed by atoms with E-state index < -0.39 is 27.5 Å². The van der Waals surface area contributed by atoms with Crippen LogP contribution < -0.4 is 9.62 Å². The monoisotopic (exact) mass is 581 g/mol. The van der Waals surface area contributed by atoms with Crippen LogP contribution in [0, 0.1) is 5.82 Å². The quantitative estimate of drug-likeness (QED) is 0.343. The van der Waals surface area contributed by atoms with Crippen LogP contribution in [0.25, 0.3) is 16.6 Å². The maximum Gasteiger partial charge on any atom is 0.410 e. The fourth-order valence-electron chi connectivity index (χ4n) is 4.74. The first-order valence-electron chi connectivity index (χ1n) is 13.2. The number of anilines is 3. The summed E-state index contributed by atoms with van der Waals surface area (Å²) in [6.45, 7) is 6.14. The van der Waals surface area contributed by atoms with Gasteiger partial charge in [0.15, 0.2) is 0 Å². The molecule has 0 aliphatic carbocycles. The summed E-state index contributed by atoms with van der Waals surface area (Å²) in [6.07, 6.45) is 6.53. The molecule has 11 nitrogen and oxygen atoms in total. The molecule has 13 heteroatoms. The van der Waals surface area contributed by atoms with Crippen LogP contribution in [0.4, 0.5) is 26.5 Å². The van der Waals surface area contributed by atoms with Gasteiger partial charge in [0, 0.05) is 55.2 Å². The number of nitrogens with one attached hydrogen (secondary N) is 1. The number of hydrogen-bond donors (Lipinski definition) is 1. The van der Waals surface area contributed by atoms with Crippen molar-refractivity contribution in [3.8, 4) is 5.69 Å². The van der Waals surface area contributed by atoms with Gasteiger partial charge >= 0.3 is 6.09 Å². The average Bonchev–Trinajstić information content (AvgIpc) is 3.44. The molecule has 0 bridgehead atoms. The number of pyridine rings is 2. The lowest BCUT2D eigenvalue weighted by molar-refractivity contribution is 0.0207. The van der Waals surface area contributed by atoms with Gasteiger partial charge in [-0.2, -0.15) is 5.10 Å². The Labute approximate surface area is 238 Å². The molecule has 0 saturated carbocycles. The van der Waals surface area contributed by atoms with E-state index in [1.165, 1.54) is 10.4 Å². The number of carbonyl (C=O) groups is 1. The number of benzene rings is 1. The number of piperidine rings is 1. The number of nitrogens with zero attached hydrogens (tertiary/aromatic N) is 6. The Morgan fingerprint density at radius 1 is 1.15 bits per heavy atom. The van der Waals surface area contributed by atoms with Crippen molar-refractivity contribution in [3.05, 3.63) is 66.9 Å². The largest absolute Gasteiger partial charge is 0.444 e. The number of halogens is 1. The lowest BCUT2D eigenvalue weighted by Crippen LogP contribution is -2.49. The first-order valence-corrected chi connectivity index (χ1v) is 15.0. The van der Waals surface area contributed by atoms with E-state index in [1.54, 1.807) is 85.3 Å². The van der Waals surface area contributed by atoms with Crippen LogP contribution in [-0.4, -0.2) is 70.1 Å². The zero-order chi connectivity index (χ0) is 29.4. The van der Waals surface area contributed by atoms with Crippen LogP contribution in [-0.2, 0) is 14.8 Å². The Bertz CT molecular complexity index is 1660. The topological polar surface area (TPSA) is 123 Å². The van der Waals surface area contributed by atoms with Gasteiger partial charge in [-0.15, -0.1) is 0 Å². The Balaban J connectivity index is 1.36. The van der Waals surface area contributed by atoms with Gasteiger partial charge in [-0.05, 0) is 63.9 Å². The number of amides is 1. The van der Waals surface area contributed by atoms with Gasteiger partial charge in [0.2, 0.25) is 10.0 Å². The van der Waals surface area contributed by atoms with Crippen molar-refractivity contribution in [1.82, 2.24) is 24.6 Å². The first kappa shape index (κ1) is 28.3. The number of rotatable bonds is 6. The second kappa shape index (κ2) is 11.0. The van der Waals surface area contributed by atoms with E-state index in [2.05, 4.69) is 20.4 Å². The third-order valence-electron chi connectivity index (χ3n) is 6.57. The van der Waals surface area contributed by atoms with E-state index in [-0.39, 0.29) is 17.5 Å². The van der Waals surface area contributed by atoms with Crippen molar-refractivity contribution >= 4 is 44.3 Å². The van der Waals surface area contributed by atoms with Gasteiger partial charge in [-0.25, -0.2) is 32.3 Å². The van der Waals surface area contributed by atoms with Gasteiger partial charge in [-0.3, -0.25) is 4.31 Å². The third kappa shape index (κ3) is 6.56. The highest BCUT2D eigenvalue weighted by atomic mass is 32.2. The highest BCUT2D eigenvalue weighted by Gasteiger charge is 2.34. The van der Waals surface area contributed by atoms with E-state index in [0.29, 0.717) is 48.3 Å². The normalized spacial score (nSPS) is 14.7. The number of sulfonamides is 1. The predicted molar refractivity (Wildman–Crippen MR) is 154 cm³/mol. The first-order chi connectivity index (χ1) is 19.4. The second-order valence-corrected chi connectivity index (χ2v) is 12.8. The smallest absolute Gasteiger partial charge is 0.410 e. The minimum atomic E-state index is -3.69. The summed E-state index contributed by atoms with van der Waals surface area (Å²) in [5.41, 5.74) is 0.681. The Kier molecular flexibility index (Phi) is 7.56. The molecule has 0 spiro atoms. The number of aromatic nitrogens is 4. The molecular weight excluding hydrogens is 549 g/mol. The standard InChI is InChI=1S/C28H32FN7O4S/c1-28(2,3)40-27(37)34-14-10-20(11-15-34)36(41(4,38)39)26-9-6-19-18-30-25(17-24(19)33-26)32-23-8-7-21(16-22(23)29)35-13-5-12-31-35/h5-9,12-13,16-18,20H,10-11,14-15H2,1-4H3,(H,30,32). The minimum Gasteiger partial charge on any atom is -0.444 e. The Hall–Kier alpha value is -4.26. The summed E-state index contributed by atoms with van der Waals surface area (Å²) in [6, 6.07) is 11.1. The fraction of sp³-hybridized carbons (Fsp3) is 0.357. The average molecular weight is 582 g/mol. The summed E-state index contributed by atoms with van der Waals surface area (Å²) in [4.78, 5) is 23.1. The lowest BCUT2D eigenvalue weighted by atomic mass is 10.1. The van der Waals surface area contributed by atoms with Gasteiger partial charge in [0.25, 0.3) is 0 Å². The van der Waals surface area contributed by atoms with Gasteiger partial charge in [-0.1, -0.05) is 0 Å². The molecule has 1 aromatic carbocycles. The Morgan fingerprint density at radius 3 is 2.54 bits per heavy atom. The summed E-state index contributed by atoms with van der Waals surface area (Å²) in [5, 5.41) is 7.78. The van der Waals surface area contributed by atoms with Crippen LogP contribution in [0.2, 0.25) is 0 Å². The van der Waals surface area contributed by atoms with Crippen molar-refractivity contribution in [2.75, 3.05) is 29.0 Å². The summed E-state index contributed by atoms with van der Waals surface area (Å²) >= 11 is 0. The molecule has 1 amide bonds. The van der Waals surface area contributed by atoms with E-state index in [1.807, 2.05) is 0 Å². The molecule has 4 heterocycles. The molecule has 216 valence electrons. The maximum absolute atomic E-state index is 14.9. The molecule has 5 rings (SSSR count). The molecule has 3 aromatic heterocycles. The molecule has 1 aliphatic heterocycles. The SMILES string of the molecule is CC(C)(C)OC(=O)N1CCC(N(c2ccc3cnc(Nc4ccc(-n5cccn5)cc4F)cc3n2)S(C)(=O)=O)CC1. The summed E-state index contributed by atoms with van der Waals surface area (Å²) in [5.74, 6) is 0.134. The van der Waals surface area contributed by atoms with Crippen molar-refractivity contribution in [3.63, 3.8) is 0 Å². The number of ether oxygens (including phenoxy) is 1. The Morgan fingerprint density at radius 2 is 1.90 bits per heavy atom. The van der Waals surface area contributed by atoms with E-state index in [4.69, 9.17) is 4.74 Å². The molecule has 41 heavy (non-hydrogen) atoms. The second-order valence-electron chi connectivity index (χ2n) is 10.9. The van der Waals surface area contributed by atoms with Crippen LogP contribution >= 0.6 is 0 Å². The molecule has 1 aliphatic rings. The zero-order valence-electron chi connectivity index (χ0n) is 23.3. The number of carbonyl (C=O) groups excluding carboxylic acids is 1. The number of hydrogen-bond acceptors (Lipinski definition) is 8. The number of fused-ring (bicyclic) bond motifs is 1. The molecule has 1 N–H and O–H groups in total. The third-order valence-corrected chi connectivity index (χ3v) is 7.77. The van der Waals surface area contributed by atoms with Crippen LogP contribution in [0.3, 0.4) is 0 Å². The maximum atomic E-state index is 14.9. The van der Waals surface area contributed by atoms with E-state index in [9.17, 15) is 17.6 Å². The van der Waals surface area contributed by atoms with Crippen molar-refractivity contribution in [2.24, 2.45) is 0 Å². The zero-order valence-corrected chi connectivity index (χ0v) is 24.1. The molecule has 0 unspecified atom stereocenters. The van der Waals surface area contributed by atoms with Gasteiger partial charge < -0.3 is 15.0 Å². The molecule has 0 radical (unpaired) electrons.